The molecule has 1 aliphatic carbocycles. The molecule has 1 saturated carbocycles. The fourth-order valence-corrected chi connectivity index (χ4v) is 6.17. The molecule has 1 aromatic heterocycles. The van der Waals surface area contributed by atoms with Gasteiger partial charge in [0.15, 0.2) is 5.82 Å². The molecule has 2 fully saturated rings. The van der Waals surface area contributed by atoms with Gasteiger partial charge >= 0.3 is 5.92 Å². The van der Waals surface area contributed by atoms with E-state index in [1.807, 2.05) is 0 Å². The SMILES string of the molecule is COc1cc(C(O)NC2CCN(CCO)CC2)ccc1Nc1ncc2c(n1)N(C1CCCCC1)CC(F)(F)C(=O)N2C. The van der Waals surface area contributed by atoms with Gasteiger partial charge in [-0.05, 0) is 56.5 Å². The van der Waals surface area contributed by atoms with Gasteiger partial charge in [-0.25, -0.2) is 4.98 Å². The Hall–Kier alpha value is -3.13. The summed E-state index contributed by atoms with van der Waals surface area (Å²) in [4.78, 5) is 26.3. The number of carbonyl (C=O) groups is 1. The maximum Gasteiger partial charge on any atom is 0.342 e. The van der Waals surface area contributed by atoms with Crippen LogP contribution in [0.3, 0.4) is 0 Å². The van der Waals surface area contributed by atoms with Crippen LogP contribution in [0.25, 0.3) is 0 Å². The van der Waals surface area contributed by atoms with E-state index in [1.54, 1.807) is 23.1 Å². The first kappa shape index (κ1) is 30.3. The first-order chi connectivity index (χ1) is 20.2. The molecular weight excluding hydrogens is 548 g/mol. The average Bonchev–Trinajstić information content (AvgIpc) is 3.07. The smallest absolute Gasteiger partial charge is 0.342 e. The van der Waals surface area contributed by atoms with Gasteiger partial charge in [0.1, 0.15) is 17.7 Å². The van der Waals surface area contributed by atoms with Crippen LogP contribution >= 0.6 is 0 Å². The molecule has 2 aromatic rings. The van der Waals surface area contributed by atoms with Crippen molar-refractivity contribution < 1.29 is 28.5 Å². The Bertz CT molecular complexity index is 1240. The van der Waals surface area contributed by atoms with Crippen molar-refractivity contribution in [3.63, 3.8) is 0 Å². The van der Waals surface area contributed by atoms with Crippen molar-refractivity contribution in [3.8, 4) is 5.75 Å². The van der Waals surface area contributed by atoms with Gasteiger partial charge < -0.3 is 35.0 Å². The van der Waals surface area contributed by atoms with Crippen LogP contribution in [0.2, 0.25) is 0 Å². The number of alkyl halides is 2. The van der Waals surface area contributed by atoms with Gasteiger partial charge in [0.25, 0.3) is 5.91 Å². The standard InChI is InChI=1S/C29H41F2N7O4/c1-36-23-17-32-28(35-25(23)38(18-29(30,31)27(36)41)21-6-4-3-5-7-21)34-22-9-8-19(16-24(22)42-2)26(40)33-20-10-12-37(13-11-20)14-15-39/h8-9,16-17,20-21,26,33,39-40H,3-7,10-15,18H2,1-2H3,(H,32,34,35). The highest BCUT2D eigenvalue weighted by Gasteiger charge is 2.48. The number of carbonyl (C=O) groups excluding carboxylic acids is 1. The van der Waals surface area contributed by atoms with Gasteiger partial charge in [-0.2, -0.15) is 13.8 Å². The van der Waals surface area contributed by atoms with E-state index < -0.39 is 24.6 Å². The number of fused-ring (bicyclic) bond motifs is 1. The number of benzene rings is 1. The fraction of sp³-hybridized carbons (Fsp3) is 0.621. The molecule has 3 aliphatic rings. The molecule has 2 aliphatic heterocycles. The zero-order chi connectivity index (χ0) is 29.9. The zero-order valence-electron chi connectivity index (χ0n) is 24.2. The number of hydrogen-bond donors (Lipinski definition) is 4. The second kappa shape index (κ2) is 13.0. The van der Waals surface area contributed by atoms with E-state index >= 15 is 0 Å². The number of amides is 1. The number of nitrogens with one attached hydrogen (secondary N) is 2. The molecule has 0 bridgehead atoms. The lowest BCUT2D eigenvalue weighted by molar-refractivity contribution is -0.140. The van der Waals surface area contributed by atoms with E-state index in [9.17, 15) is 18.7 Å². The molecule has 1 unspecified atom stereocenters. The predicted molar refractivity (Wildman–Crippen MR) is 156 cm³/mol. The van der Waals surface area contributed by atoms with Crippen molar-refractivity contribution in [2.45, 2.75) is 69.2 Å². The normalized spacial score (nSPS) is 21.1. The Morgan fingerprint density at radius 3 is 2.60 bits per heavy atom. The summed E-state index contributed by atoms with van der Waals surface area (Å²) in [6.45, 7) is 1.79. The van der Waals surface area contributed by atoms with Gasteiger partial charge in [-0.1, -0.05) is 25.3 Å². The van der Waals surface area contributed by atoms with Crippen LogP contribution in [0.4, 0.5) is 31.9 Å². The summed E-state index contributed by atoms with van der Waals surface area (Å²) in [6.07, 6.45) is 6.70. The van der Waals surface area contributed by atoms with Crippen molar-refractivity contribution in [1.29, 1.82) is 0 Å². The topological polar surface area (TPSA) is 126 Å². The fourth-order valence-electron chi connectivity index (χ4n) is 6.17. The molecule has 13 heteroatoms. The molecule has 1 atom stereocenters. The monoisotopic (exact) mass is 589 g/mol. The highest BCUT2D eigenvalue weighted by Crippen LogP contribution is 2.40. The van der Waals surface area contributed by atoms with Crippen molar-refractivity contribution in [3.05, 3.63) is 30.0 Å². The van der Waals surface area contributed by atoms with E-state index in [0.29, 0.717) is 29.4 Å². The van der Waals surface area contributed by atoms with Crippen molar-refractivity contribution in [1.82, 2.24) is 20.2 Å². The molecule has 0 spiro atoms. The molecule has 1 saturated heterocycles. The van der Waals surface area contributed by atoms with Crippen LogP contribution in [0.1, 0.15) is 56.7 Å². The summed E-state index contributed by atoms with van der Waals surface area (Å²) in [5, 5.41) is 26.4. The number of halogens is 2. The molecule has 1 aromatic carbocycles. The van der Waals surface area contributed by atoms with Crippen LogP contribution in [-0.4, -0.2) is 95.9 Å². The number of piperidine rings is 1. The summed E-state index contributed by atoms with van der Waals surface area (Å²) >= 11 is 0. The van der Waals surface area contributed by atoms with Gasteiger partial charge in [-0.15, -0.1) is 0 Å². The van der Waals surface area contributed by atoms with Crippen LogP contribution in [-0.2, 0) is 4.79 Å². The Kier molecular flexibility index (Phi) is 9.41. The third-order valence-corrected chi connectivity index (χ3v) is 8.57. The molecule has 3 heterocycles. The number of aromatic nitrogens is 2. The molecule has 230 valence electrons. The van der Waals surface area contributed by atoms with Gasteiger partial charge in [0, 0.05) is 25.7 Å². The van der Waals surface area contributed by atoms with E-state index in [4.69, 9.17) is 9.84 Å². The number of nitrogens with zero attached hydrogens (tertiary/aromatic N) is 5. The zero-order valence-corrected chi connectivity index (χ0v) is 24.2. The van der Waals surface area contributed by atoms with E-state index in [1.165, 1.54) is 20.4 Å². The Balaban J connectivity index is 1.34. The summed E-state index contributed by atoms with van der Waals surface area (Å²) in [5.74, 6) is -3.89. The lowest BCUT2D eigenvalue weighted by Crippen LogP contribution is -2.49. The van der Waals surface area contributed by atoms with Crippen LogP contribution in [0, 0.1) is 0 Å². The van der Waals surface area contributed by atoms with Crippen LogP contribution in [0.5, 0.6) is 5.75 Å². The Morgan fingerprint density at radius 2 is 1.90 bits per heavy atom. The Morgan fingerprint density at radius 1 is 1.17 bits per heavy atom. The maximum atomic E-state index is 15.0. The lowest BCUT2D eigenvalue weighted by Gasteiger charge is -2.35. The van der Waals surface area contributed by atoms with Crippen molar-refractivity contribution in [2.75, 3.05) is 62.1 Å². The largest absolute Gasteiger partial charge is 0.495 e. The number of aliphatic hydroxyl groups excluding tert-OH is 2. The molecular formula is C29H41F2N7O4. The van der Waals surface area contributed by atoms with E-state index in [-0.39, 0.29) is 30.3 Å². The number of aliphatic hydroxyl groups is 2. The number of methoxy groups -OCH3 is 1. The van der Waals surface area contributed by atoms with Crippen molar-refractivity contribution >= 4 is 29.0 Å². The van der Waals surface area contributed by atoms with Crippen LogP contribution in [0.15, 0.2) is 24.4 Å². The second-order valence-electron chi connectivity index (χ2n) is 11.4. The number of β-amino-alcohol motifs (C(OH)–C–C–N with tert-alkyl or cyclic N) is 1. The highest BCUT2D eigenvalue weighted by atomic mass is 19.3. The van der Waals surface area contributed by atoms with E-state index in [0.717, 1.165) is 62.9 Å². The summed E-state index contributed by atoms with van der Waals surface area (Å²) in [7, 11) is 2.85. The molecule has 5 rings (SSSR count). The number of rotatable bonds is 9. The summed E-state index contributed by atoms with van der Waals surface area (Å²) in [6, 6.07) is 5.26. The van der Waals surface area contributed by atoms with Crippen LogP contribution < -0.4 is 25.2 Å². The number of anilines is 4. The predicted octanol–water partition coefficient (Wildman–Crippen LogP) is 3.02. The lowest BCUT2D eigenvalue weighted by atomic mass is 9.94. The quantitative estimate of drug-likeness (QED) is 0.324. The van der Waals surface area contributed by atoms with Gasteiger partial charge in [-0.3, -0.25) is 10.1 Å². The maximum absolute atomic E-state index is 15.0. The molecule has 42 heavy (non-hydrogen) atoms. The van der Waals surface area contributed by atoms with Gasteiger partial charge in [0.05, 0.1) is 32.1 Å². The number of ether oxygens (including phenoxy) is 1. The summed E-state index contributed by atoms with van der Waals surface area (Å²) < 4.78 is 35.5. The minimum absolute atomic E-state index is 0.142. The highest BCUT2D eigenvalue weighted by molar-refractivity contribution is 6.02. The third kappa shape index (κ3) is 6.59. The molecule has 4 N–H and O–H groups in total. The minimum Gasteiger partial charge on any atom is -0.495 e. The van der Waals surface area contributed by atoms with Gasteiger partial charge in [0.2, 0.25) is 5.95 Å². The molecule has 0 radical (unpaired) electrons. The molecule has 11 nitrogen and oxygen atoms in total. The number of hydrogen-bond acceptors (Lipinski definition) is 10. The third-order valence-electron chi connectivity index (χ3n) is 8.57. The number of likely N-dealkylation sites (tertiary alicyclic amines) is 1. The minimum atomic E-state index is -3.55. The Labute approximate surface area is 244 Å². The average molecular weight is 590 g/mol. The van der Waals surface area contributed by atoms with Crippen molar-refractivity contribution in [2.24, 2.45) is 0 Å². The first-order valence-electron chi connectivity index (χ1n) is 14.7. The second-order valence-corrected chi connectivity index (χ2v) is 11.4. The first-order valence-corrected chi connectivity index (χ1v) is 14.7. The van der Waals surface area contributed by atoms with E-state index in [2.05, 4.69) is 25.5 Å². The molecule has 1 amide bonds. The summed E-state index contributed by atoms with van der Waals surface area (Å²) in [5.41, 5.74) is 1.41.